The SMILES string of the molecule is CCC(C)n1ncn(-c2ccc(N3CCN(c4ccc(OC[C@H]5CO[C@](Cn6cncn6)(c6ccc(Cl)cc6Cl)O5)cc4)CC3)cc2)c1=O.Clc1ccc(COC(Cn2ccnc2)c2ccc(Cl)cc2Cl)c(Cl)c1. The number of rotatable bonds is 17. The number of benzene rings is 5. The fourth-order valence-electron chi connectivity index (χ4n) is 8.66. The Morgan fingerprint density at radius 1 is 0.730 bits per heavy atom. The number of anilines is 2. The molecule has 0 saturated carbocycles. The van der Waals surface area contributed by atoms with Gasteiger partial charge in [-0.1, -0.05) is 94.7 Å². The van der Waals surface area contributed by atoms with Gasteiger partial charge >= 0.3 is 5.69 Å². The summed E-state index contributed by atoms with van der Waals surface area (Å²) >= 11 is 37.3. The number of aromatic nitrogens is 8. The summed E-state index contributed by atoms with van der Waals surface area (Å²) in [5.41, 5.74) is 5.35. The Bertz CT molecular complexity index is 3150. The lowest BCUT2D eigenvalue weighted by Gasteiger charge is -2.37. The van der Waals surface area contributed by atoms with Crippen LogP contribution in [-0.2, 0) is 39.7 Å². The Balaban J connectivity index is 0.000000226. The van der Waals surface area contributed by atoms with E-state index < -0.39 is 5.79 Å². The van der Waals surface area contributed by atoms with E-state index in [1.54, 1.807) is 70.8 Å². The minimum atomic E-state index is -1.16. The smallest absolute Gasteiger partial charge is 0.350 e. The lowest BCUT2D eigenvalue weighted by Crippen LogP contribution is -2.46. The molecule has 5 heterocycles. The van der Waals surface area contributed by atoms with Crippen LogP contribution < -0.4 is 20.2 Å². The molecule has 8 aromatic rings. The molecule has 386 valence electrons. The molecule has 15 nitrogen and oxygen atoms in total. The maximum Gasteiger partial charge on any atom is 0.350 e. The van der Waals surface area contributed by atoms with Crippen molar-refractivity contribution in [3.63, 3.8) is 0 Å². The zero-order valence-electron chi connectivity index (χ0n) is 40.4. The predicted molar refractivity (Wildman–Crippen MR) is 291 cm³/mol. The first-order valence-corrected chi connectivity index (χ1v) is 26.2. The summed E-state index contributed by atoms with van der Waals surface area (Å²) in [4.78, 5) is 25.7. The summed E-state index contributed by atoms with van der Waals surface area (Å²) in [6.45, 7) is 9.37. The van der Waals surface area contributed by atoms with E-state index >= 15 is 0 Å². The van der Waals surface area contributed by atoms with Crippen LogP contribution in [0.5, 0.6) is 5.75 Å². The Kier molecular flexibility index (Phi) is 17.5. The van der Waals surface area contributed by atoms with Crippen molar-refractivity contribution in [2.45, 2.75) is 64.0 Å². The highest BCUT2D eigenvalue weighted by atomic mass is 35.5. The van der Waals surface area contributed by atoms with Gasteiger partial charge < -0.3 is 33.3 Å². The molecule has 5 aromatic carbocycles. The van der Waals surface area contributed by atoms with Crippen LogP contribution in [0.25, 0.3) is 5.69 Å². The highest BCUT2D eigenvalue weighted by Crippen LogP contribution is 2.41. The van der Waals surface area contributed by atoms with Crippen molar-refractivity contribution >= 4 is 81.0 Å². The lowest BCUT2D eigenvalue weighted by atomic mass is 10.1. The van der Waals surface area contributed by atoms with E-state index in [0.29, 0.717) is 62.1 Å². The molecular weight excluding hydrogens is 1070 g/mol. The number of ether oxygens (including phenoxy) is 4. The highest BCUT2D eigenvalue weighted by Gasteiger charge is 2.45. The maximum atomic E-state index is 12.8. The van der Waals surface area contributed by atoms with Crippen LogP contribution in [0.15, 0.2) is 146 Å². The molecule has 21 heteroatoms. The summed E-state index contributed by atoms with van der Waals surface area (Å²) in [6, 6.07) is 32.3. The molecule has 0 N–H and O–H groups in total. The summed E-state index contributed by atoms with van der Waals surface area (Å²) in [6.07, 6.45) is 10.2. The second-order valence-corrected chi connectivity index (χ2v) is 20.3. The Morgan fingerprint density at radius 3 is 2.00 bits per heavy atom. The van der Waals surface area contributed by atoms with E-state index in [-0.39, 0.29) is 30.5 Å². The topological polar surface area (TPSA) is 132 Å². The van der Waals surface area contributed by atoms with Crippen molar-refractivity contribution in [1.29, 1.82) is 0 Å². The first kappa shape index (κ1) is 53.2. The Hall–Kier alpha value is -5.59. The molecule has 0 amide bonds. The van der Waals surface area contributed by atoms with Gasteiger partial charge in [-0.15, -0.1) is 0 Å². The van der Waals surface area contributed by atoms with Gasteiger partial charge in [-0.3, -0.25) is 0 Å². The van der Waals surface area contributed by atoms with Gasteiger partial charge in [0.25, 0.3) is 0 Å². The van der Waals surface area contributed by atoms with Gasteiger partial charge in [0.1, 0.15) is 50.1 Å². The van der Waals surface area contributed by atoms with Crippen LogP contribution in [0, 0.1) is 0 Å². The molecule has 4 atom stereocenters. The van der Waals surface area contributed by atoms with E-state index in [0.717, 1.165) is 66.5 Å². The van der Waals surface area contributed by atoms with Crippen molar-refractivity contribution in [3.05, 3.63) is 198 Å². The molecule has 0 spiro atoms. The van der Waals surface area contributed by atoms with Crippen molar-refractivity contribution in [2.24, 2.45) is 0 Å². The maximum absolute atomic E-state index is 12.8. The fraction of sp³-hybridized carbons (Fsp3) is 0.302. The minimum absolute atomic E-state index is 0.0645. The molecule has 2 saturated heterocycles. The van der Waals surface area contributed by atoms with Crippen LogP contribution in [0.2, 0.25) is 30.1 Å². The summed E-state index contributed by atoms with van der Waals surface area (Å²) in [5, 5.41) is 11.8. The van der Waals surface area contributed by atoms with E-state index in [9.17, 15) is 4.79 Å². The first-order chi connectivity index (χ1) is 35.8. The monoisotopic (exact) mass is 1120 g/mol. The quantitative estimate of drug-likeness (QED) is 0.0863. The largest absolute Gasteiger partial charge is 0.491 e. The minimum Gasteiger partial charge on any atom is -0.491 e. The molecule has 2 aliphatic heterocycles. The van der Waals surface area contributed by atoms with Crippen LogP contribution in [-0.4, -0.2) is 84.2 Å². The van der Waals surface area contributed by atoms with Crippen LogP contribution in [0.4, 0.5) is 11.4 Å². The van der Waals surface area contributed by atoms with E-state index in [1.807, 2.05) is 67.1 Å². The zero-order chi connectivity index (χ0) is 51.8. The summed E-state index contributed by atoms with van der Waals surface area (Å²) in [5.74, 6) is -0.410. The molecule has 0 aliphatic carbocycles. The lowest BCUT2D eigenvalue weighted by molar-refractivity contribution is -0.190. The number of nitrogens with zero attached hydrogens (tertiary/aromatic N) is 10. The van der Waals surface area contributed by atoms with E-state index in [1.165, 1.54) is 11.0 Å². The Labute approximate surface area is 458 Å². The molecule has 74 heavy (non-hydrogen) atoms. The highest BCUT2D eigenvalue weighted by molar-refractivity contribution is 6.36. The molecule has 3 aromatic heterocycles. The second-order valence-electron chi connectivity index (χ2n) is 17.8. The van der Waals surface area contributed by atoms with Gasteiger partial charge in [0.05, 0.1) is 42.8 Å². The number of halogens is 6. The third-order valence-corrected chi connectivity index (χ3v) is 14.5. The average Bonchev–Trinajstić information content (AvgIpc) is 4.26. The number of hydrogen-bond acceptors (Lipinski definition) is 11. The third-order valence-electron chi connectivity index (χ3n) is 12.9. The van der Waals surface area contributed by atoms with Gasteiger partial charge in [0.15, 0.2) is 0 Å². The van der Waals surface area contributed by atoms with Gasteiger partial charge in [-0.05, 0) is 104 Å². The van der Waals surface area contributed by atoms with Gasteiger partial charge in [0.2, 0.25) is 5.79 Å². The molecule has 0 bridgehead atoms. The summed E-state index contributed by atoms with van der Waals surface area (Å²) < 4.78 is 31.7. The summed E-state index contributed by atoms with van der Waals surface area (Å²) in [7, 11) is 0. The van der Waals surface area contributed by atoms with Gasteiger partial charge in [0, 0.05) is 86.2 Å². The number of hydrogen-bond donors (Lipinski definition) is 0. The first-order valence-electron chi connectivity index (χ1n) is 23.9. The molecule has 10 rings (SSSR count). The molecule has 2 fully saturated rings. The van der Waals surface area contributed by atoms with Crippen LogP contribution in [0.1, 0.15) is 49.1 Å². The van der Waals surface area contributed by atoms with E-state index in [4.69, 9.17) is 88.6 Å². The van der Waals surface area contributed by atoms with Crippen LogP contribution >= 0.6 is 69.6 Å². The zero-order valence-corrected chi connectivity index (χ0v) is 44.9. The standard InChI is InChI=1S/C35H38Cl2N8O4.C18H14Cl4N2O/c1-3-25(2)45-34(46)44(24-40-45)29-7-5-27(6-8-29)41-14-16-42(17-15-41)28-9-11-30(12-10-28)47-19-31-20-48-35(49-31,21-43-23-38-22-39-43)32-13-4-26(36)18-33(32)37;19-13-2-1-12(16(21)7-13)10-25-18(9-24-6-5-23-11-24)15-4-3-14(20)8-17(15)22/h4-13,18,22-25,31H,3,14-17,19-21H2,1-2H3;1-8,11,18H,9-10H2/t25?,31-,35-;/m0./s1. The average molecular weight is 1120 g/mol. The van der Waals surface area contributed by atoms with Gasteiger partial charge in [-0.2, -0.15) is 10.2 Å². The van der Waals surface area contributed by atoms with Crippen molar-refractivity contribution in [1.82, 2.24) is 38.7 Å². The molecule has 2 aliphatic rings. The Morgan fingerprint density at radius 2 is 1.38 bits per heavy atom. The van der Waals surface area contributed by atoms with Crippen molar-refractivity contribution < 1.29 is 18.9 Å². The number of imidazole rings is 1. The fourth-order valence-corrected chi connectivity index (χ4v) is 10.2. The number of piperazine rings is 1. The molecular formula is C53H52Cl6N10O5. The van der Waals surface area contributed by atoms with Gasteiger partial charge in [-0.25, -0.2) is 28.7 Å². The second kappa shape index (κ2) is 24.4. The predicted octanol–water partition coefficient (Wildman–Crippen LogP) is 12.0. The van der Waals surface area contributed by atoms with Crippen LogP contribution in [0.3, 0.4) is 0 Å². The van der Waals surface area contributed by atoms with Crippen molar-refractivity contribution in [3.8, 4) is 11.4 Å². The van der Waals surface area contributed by atoms with Crippen molar-refractivity contribution in [2.75, 3.05) is 49.2 Å². The molecule has 2 unspecified atom stereocenters. The third kappa shape index (κ3) is 12.9. The van der Waals surface area contributed by atoms with E-state index in [2.05, 4.69) is 54.2 Å². The normalized spacial score (nSPS) is 17.5. The molecule has 0 radical (unpaired) electrons.